The van der Waals surface area contributed by atoms with Gasteiger partial charge in [0, 0.05) is 25.0 Å². The van der Waals surface area contributed by atoms with Gasteiger partial charge in [0.05, 0.1) is 4.92 Å². The Morgan fingerprint density at radius 2 is 2.00 bits per heavy atom. The van der Waals surface area contributed by atoms with Crippen molar-refractivity contribution in [2.45, 2.75) is 6.54 Å². The number of nitrogens with zero attached hydrogens (tertiary/aromatic N) is 3. The lowest BCUT2D eigenvalue weighted by Gasteiger charge is -2.04. The van der Waals surface area contributed by atoms with Crippen molar-refractivity contribution in [3.8, 4) is 0 Å². The summed E-state index contributed by atoms with van der Waals surface area (Å²) in [6, 6.07) is 6.78. The highest BCUT2D eigenvalue weighted by Crippen LogP contribution is 2.12. The van der Waals surface area contributed by atoms with E-state index < -0.39 is 4.92 Å². The molecular weight excluding hydrogens is 220 g/mol. The molecular formula is C11H10N4O2. The zero-order valence-electron chi connectivity index (χ0n) is 8.91. The molecule has 0 amide bonds. The lowest BCUT2D eigenvalue weighted by atomic mass is 10.3. The van der Waals surface area contributed by atoms with Crippen LogP contribution in [0.2, 0.25) is 0 Å². The molecule has 1 N–H and O–H groups in total. The lowest BCUT2D eigenvalue weighted by molar-refractivity contribution is -0.385. The van der Waals surface area contributed by atoms with Crippen LogP contribution in [-0.4, -0.2) is 14.9 Å². The Balaban J connectivity index is 1.98. The summed E-state index contributed by atoms with van der Waals surface area (Å²) in [7, 11) is 0. The first-order valence-corrected chi connectivity index (χ1v) is 4.99. The van der Waals surface area contributed by atoms with Gasteiger partial charge in [-0.25, -0.2) is 4.98 Å². The molecule has 2 rings (SSSR count). The van der Waals surface area contributed by atoms with E-state index in [1.807, 2.05) is 12.1 Å². The number of nitrogens with one attached hydrogen (secondary N) is 1. The van der Waals surface area contributed by atoms with E-state index in [2.05, 4.69) is 15.3 Å². The second-order valence-corrected chi connectivity index (χ2v) is 3.37. The zero-order valence-corrected chi connectivity index (χ0v) is 8.91. The molecule has 0 saturated carbocycles. The van der Waals surface area contributed by atoms with Crippen molar-refractivity contribution in [3.05, 3.63) is 58.5 Å². The van der Waals surface area contributed by atoms with E-state index in [4.69, 9.17) is 0 Å². The van der Waals surface area contributed by atoms with Gasteiger partial charge in [-0.05, 0) is 23.8 Å². The molecule has 0 bridgehead atoms. The summed E-state index contributed by atoms with van der Waals surface area (Å²) in [4.78, 5) is 17.8. The quantitative estimate of drug-likeness (QED) is 0.641. The highest BCUT2D eigenvalue weighted by atomic mass is 16.6. The van der Waals surface area contributed by atoms with Crippen molar-refractivity contribution < 1.29 is 4.92 Å². The van der Waals surface area contributed by atoms with Gasteiger partial charge in [0.15, 0.2) is 0 Å². The number of aromatic nitrogens is 2. The molecule has 6 heteroatoms. The van der Waals surface area contributed by atoms with Crippen molar-refractivity contribution >= 4 is 11.5 Å². The standard InChI is InChI=1S/C11H10N4O2/c16-15(17)10-1-2-11(14-8-10)13-7-9-3-5-12-6-4-9/h1-6,8H,7H2,(H,13,14). The van der Waals surface area contributed by atoms with Crippen LogP contribution in [0.25, 0.3) is 0 Å². The van der Waals surface area contributed by atoms with Gasteiger partial charge in [0.2, 0.25) is 0 Å². The normalized spacial score (nSPS) is 9.88. The minimum absolute atomic E-state index is 0.0144. The van der Waals surface area contributed by atoms with Crippen LogP contribution < -0.4 is 5.32 Å². The summed E-state index contributed by atoms with van der Waals surface area (Å²) < 4.78 is 0. The summed E-state index contributed by atoms with van der Waals surface area (Å²) in [5, 5.41) is 13.5. The highest BCUT2D eigenvalue weighted by Gasteiger charge is 2.04. The molecule has 6 nitrogen and oxygen atoms in total. The van der Waals surface area contributed by atoms with Crippen LogP contribution in [0.5, 0.6) is 0 Å². The molecule has 0 aliphatic rings. The first-order valence-electron chi connectivity index (χ1n) is 4.99. The van der Waals surface area contributed by atoms with Crippen molar-refractivity contribution in [3.63, 3.8) is 0 Å². The number of pyridine rings is 2. The smallest absolute Gasteiger partial charge is 0.287 e. The Kier molecular flexibility index (Phi) is 3.25. The fourth-order valence-corrected chi connectivity index (χ4v) is 1.29. The molecule has 86 valence electrons. The lowest BCUT2D eigenvalue weighted by Crippen LogP contribution is -2.01. The van der Waals surface area contributed by atoms with E-state index >= 15 is 0 Å². The molecule has 2 aromatic rings. The van der Waals surface area contributed by atoms with Crippen molar-refractivity contribution in [1.82, 2.24) is 9.97 Å². The summed E-state index contributed by atoms with van der Waals surface area (Å²) in [6.07, 6.45) is 4.65. The minimum atomic E-state index is -0.473. The van der Waals surface area contributed by atoms with Crippen LogP contribution in [0.15, 0.2) is 42.9 Å². The molecule has 0 spiro atoms. The summed E-state index contributed by atoms with van der Waals surface area (Å²) in [5.41, 5.74) is 1.06. The van der Waals surface area contributed by atoms with E-state index in [0.29, 0.717) is 12.4 Å². The summed E-state index contributed by atoms with van der Waals surface area (Å²) in [5.74, 6) is 0.604. The molecule has 0 aromatic carbocycles. The van der Waals surface area contributed by atoms with Gasteiger partial charge in [-0.3, -0.25) is 15.1 Å². The summed E-state index contributed by atoms with van der Waals surface area (Å²) in [6.45, 7) is 0.604. The maximum Gasteiger partial charge on any atom is 0.287 e. The number of hydrogen-bond acceptors (Lipinski definition) is 5. The van der Waals surface area contributed by atoms with Gasteiger partial charge in [-0.15, -0.1) is 0 Å². The van der Waals surface area contributed by atoms with Crippen molar-refractivity contribution in [1.29, 1.82) is 0 Å². The molecule has 0 radical (unpaired) electrons. The largest absolute Gasteiger partial charge is 0.366 e. The third-order valence-corrected chi connectivity index (χ3v) is 2.18. The highest BCUT2D eigenvalue weighted by molar-refractivity contribution is 5.40. The predicted octanol–water partition coefficient (Wildman–Crippen LogP) is 2.00. The topological polar surface area (TPSA) is 81.0 Å². The third kappa shape index (κ3) is 2.97. The number of anilines is 1. The van der Waals surface area contributed by atoms with Crippen molar-refractivity contribution in [2.75, 3.05) is 5.32 Å². The molecule has 0 unspecified atom stereocenters. The molecule has 0 aliphatic carbocycles. The number of hydrogen-bond donors (Lipinski definition) is 1. The second-order valence-electron chi connectivity index (χ2n) is 3.37. The zero-order chi connectivity index (χ0) is 12.1. The Hall–Kier alpha value is -2.50. The SMILES string of the molecule is O=[N+]([O-])c1ccc(NCc2ccncc2)nc1. The Labute approximate surface area is 97.5 Å². The van der Waals surface area contributed by atoms with Gasteiger partial charge in [0.1, 0.15) is 12.0 Å². The molecule has 2 heterocycles. The van der Waals surface area contributed by atoms with Crippen LogP contribution in [0, 0.1) is 10.1 Å². The van der Waals surface area contributed by atoms with Crippen LogP contribution in [0.3, 0.4) is 0 Å². The fraction of sp³-hybridized carbons (Fsp3) is 0.0909. The number of rotatable bonds is 4. The maximum absolute atomic E-state index is 10.4. The van der Waals surface area contributed by atoms with Crippen LogP contribution >= 0.6 is 0 Å². The van der Waals surface area contributed by atoms with Crippen LogP contribution in [0.4, 0.5) is 11.5 Å². The molecule has 17 heavy (non-hydrogen) atoms. The molecule has 2 aromatic heterocycles. The Bertz CT molecular complexity index is 499. The van der Waals surface area contributed by atoms with E-state index in [-0.39, 0.29) is 5.69 Å². The molecule has 0 atom stereocenters. The van der Waals surface area contributed by atoms with Gasteiger partial charge in [0.25, 0.3) is 5.69 Å². The first-order chi connectivity index (χ1) is 8.25. The van der Waals surface area contributed by atoms with E-state index in [0.717, 1.165) is 5.56 Å². The van der Waals surface area contributed by atoms with Gasteiger partial charge < -0.3 is 5.32 Å². The van der Waals surface area contributed by atoms with Gasteiger partial charge in [-0.2, -0.15) is 0 Å². The van der Waals surface area contributed by atoms with E-state index in [1.54, 1.807) is 18.5 Å². The first kappa shape index (κ1) is 11.0. The Morgan fingerprint density at radius 1 is 1.24 bits per heavy atom. The average molecular weight is 230 g/mol. The average Bonchev–Trinajstić information content (AvgIpc) is 2.38. The second kappa shape index (κ2) is 5.02. The monoisotopic (exact) mass is 230 g/mol. The summed E-state index contributed by atoms with van der Waals surface area (Å²) >= 11 is 0. The molecule has 0 fully saturated rings. The predicted molar refractivity (Wildman–Crippen MR) is 62.5 cm³/mol. The molecule has 0 saturated heterocycles. The van der Waals surface area contributed by atoms with Crippen LogP contribution in [0.1, 0.15) is 5.56 Å². The number of nitro groups is 1. The van der Waals surface area contributed by atoms with Crippen LogP contribution in [-0.2, 0) is 6.54 Å². The van der Waals surface area contributed by atoms with Crippen molar-refractivity contribution in [2.24, 2.45) is 0 Å². The van der Waals surface area contributed by atoms with Gasteiger partial charge in [-0.1, -0.05) is 0 Å². The van der Waals surface area contributed by atoms with Gasteiger partial charge >= 0.3 is 0 Å². The fourth-order valence-electron chi connectivity index (χ4n) is 1.29. The minimum Gasteiger partial charge on any atom is -0.366 e. The Morgan fingerprint density at radius 3 is 2.59 bits per heavy atom. The van der Waals surface area contributed by atoms with E-state index in [9.17, 15) is 10.1 Å². The maximum atomic E-state index is 10.4. The van der Waals surface area contributed by atoms with E-state index in [1.165, 1.54) is 12.3 Å². The molecule has 0 aliphatic heterocycles. The third-order valence-electron chi connectivity index (χ3n) is 2.18.